The molecule has 0 saturated heterocycles. The number of aryl methyl sites for hydroxylation is 1. The molecule has 0 fully saturated rings. The SMILES string of the molecule is CCCCc1cncc(F)c1C(=O)NC(=N)c1ccncc1. The van der Waals surface area contributed by atoms with Gasteiger partial charge < -0.3 is 5.32 Å². The van der Waals surface area contributed by atoms with E-state index < -0.39 is 11.7 Å². The predicted octanol–water partition coefficient (Wildman–Crippen LogP) is 2.71. The maximum atomic E-state index is 14.0. The number of unbranched alkanes of at least 4 members (excludes halogenated alkanes) is 1. The van der Waals surface area contributed by atoms with Gasteiger partial charge in [0.25, 0.3) is 5.91 Å². The van der Waals surface area contributed by atoms with Crippen LogP contribution < -0.4 is 5.32 Å². The second-order valence-electron chi connectivity index (χ2n) is 4.82. The van der Waals surface area contributed by atoms with Gasteiger partial charge in [-0.2, -0.15) is 0 Å². The minimum Gasteiger partial charge on any atom is -0.306 e. The zero-order chi connectivity index (χ0) is 15.9. The van der Waals surface area contributed by atoms with Crippen LogP contribution in [0.4, 0.5) is 4.39 Å². The van der Waals surface area contributed by atoms with Gasteiger partial charge in [0.15, 0.2) is 5.82 Å². The van der Waals surface area contributed by atoms with Crippen LogP contribution in [0.5, 0.6) is 0 Å². The summed E-state index contributed by atoms with van der Waals surface area (Å²) >= 11 is 0. The van der Waals surface area contributed by atoms with Crippen LogP contribution in [-0.2, 0) is 6.42 Å². The van der Waals surface area contributed by atoms with Gasteiger partial charge in [0.1, 0.15) is 5.84 Å². The van der Waals surface area contributed by atoms with Gasteiger partial charge in [-0.25, -0.2) is 4.39 Å². The fourth-order valence-electron chi connectivity index (χ4n) is 2.05. The van der Waals surface area contributed by atoms with Crippen molar-refractivity contribution < 1.29 is 9.18 Å². The highest BCUT2D eigenvalue weighted by molar-refractivity contribution is 6.11. The van der Waals surface area contributed by atoms with E-state index in [0.717, 1.165) is 19.0 Å². The van der Waals surface area contributed by atoms with Crippen LogP contribution >= 0.6 is 0 Å². The number of nitrogens with one attached hydrogen (secondary N) is 2. The summed E-state index contributed by atoms with van der Waals surface area (Å²) in [6, 6.07) is 3.20. The first kappa shape index (κ1) is 15.8. The topological polar surface area (TPSA) is 78.7 Å². The molecule has 0 aliphatic heterocycles. The third-order valence-corrected chi connectivity index (χ3v) is 3.21. The molecule has 6 heteroatoms. The molecule has 5 nitrogen and oxygen atoms in total. The zero-order valence-corrected chi connectivity index (χ0v) is 12.3. The van der Waals surface area contributed by atoms with E-state index in [1.807, 2.05) is 6.92 Å². The van der Waals surface area contributed by atoms with Gasteiger partial charge in [0, 0.05) is 24.2 Å². The van der Waals surface area contributed by atoms with Gasteiger partial charge in [-0.1, -0.05) is 13.3 Å². The molecular formula is C16H17FN4O. The summed E-state index contributed by atoms with van der Waals surface area (Å²) in [5, 5.41) is 10.3. The van der Waals surface area contributed by atoms with Crippen molar-refractivity contribution in [2.24, 2.45) is 0 Å². The number of carbonyl (C=O) groups is 1. The van der Waals surface area contributed by atoms with Crippen molar-refractivity contribution >= 4 is 11.7 Å². The van der Waals surface area contributed by atoms with E-state index >= 15 is 0 Å². The fraction of sp³-hybridized carbons (Fsp3) is 0.250. The standard InChI is InChI=1S/C16H17FN4O/c1-2-3-4-12-9-20-10-13(17)14(12)16(22)21-15(18)11-5-7-19-8-6-11/h5-10H,2-4H2,1H3,(H2,18,21,22). The number of amides is 1. The lowest BCUT2D eigenvalue weighted by molar-refractivity contribution is 0.0972. The summed E-state index contributed by atoms with van der Waals surface area (Å²) in [5.41, 5.74) is 1.03. The van der Waals surface area contributed by atoms with Crippen molar-refractivity contribution in [3.05, 3.63) is 59.4 Å². The largest absolute Gasteiger partial charge is 0.306 e. The van der Waals surface area contributed by atoms with Crippen LogP contribution in [0.1, 0.15) is 41.3 Å². The van der Waals surface area contributed by atoms with Gasteiger partial charge in [0.05, 0.1) is 11.8 Å². The molecule has 0 spiro atoms. The van der Waals surface area contributed by atoms with Gasteiger partial charge in [-0.3, -0.25) is 20.2 Å². The minimum atomic E-state index is -0.673. The molecule has 2 heterocycles. The van der Waals surface area contributed by atoms with Crippen LogP contribution in [0.3, 0.4) is 0 Å². The lowest BCUT2D eigenvalue weighted by atomic mass is 10.0. The first-order chi connectivity index (χ1) is 10.6. The Kier molecular flexibility index (Phi) is 5.30. The molecular weight excluding hydrogens is 283 g/mol. The van der Waals surface area contributed by atoms with Crippen LogP contribution in [0.2, 0.25) is 0 Å². The van der Waals surface area contributed by atoms with E-state index in [1.54, 1.807) is 12.1 Å². The minimum absolute atomic E-state index is 0.0396. The smallest absolute Gasteiger partial charge is 0.260 e. The Balaban J connectivity index is 2.20. The molecule has 1 amide bonds. The maximum Gasteiger partial charge on any atom is 0.260 e. The van der Waals surface area contributed by atoms with Crippen LogP contribution in [0, 0.1) is 11.2 Å². The van der Waals surface area contributed by atoms with Crippen molar-refractivity contribution in [3.8, 4) is 0 Å². The van der Waals surface area contributed by atoms with E-state index in [4.69, 9.17) is 5.41 Å². The Morgan fingerprint density at radius 3 is 2.68 bits per heavy atom. The molecule has 0 aliphatic carbocycles. The van der Waals surface area contributed by atoms with E-state index in [1.165, 1.54) is 18.6 Å². The average molecular weight is 300 g/mol. The Morgan fingerprint density at radius 1 is 1.27 bits per heavy atom. The molecule has 114 valence electrons. The van der Waals surface area contributed by atoms with Gasteiger partial charge in [-0.05, 0) is 30.5 Å². The molecule has 2 aromatic heterocycles. The number of rotatable bonds is 5. The van der Waals surface area contributed by atoms with Crippen molar-refractivity contribution in [3.63, 3.8) is 0 Å². The van der Waals surface area contributed by atoms with Gasteiger partial charge >= 0.3 is 0 Å². The Bertz CT molecular complexity index is 673. The van der Waals surface area contributed by atoms with E-state index in [-0.39, 0.29) is 11.4 Å². The third-order valence-electron chi connectivity index (χ3n) is 3.21. The highest BCUT2D eigenvalue weighted by Crippen LogP contribution is 2.15. The number of hydrogen-bond acceptors (Lipinski definition) is 4. The average Bonchev–Trinajstić information content (AvgIpc) is 2.53. The normalized spacial score (nSPS) is 10.3. The number of hydrogen-bond donors (Lipinski definition) is 2. The first-order valence-electron chi connectivity index (χ1n) is 7.06. The van der Waals surface area contributed by atoms with Crippen molar-refractivity contribution in [1.29, 1.82) is 5.41 Å². The van der Waals surface area contributed by atoms with Crippen molar-refractivity contribution in [1.82, 2.24) is 15.3 Å². The summed E-state index contributed by atoms with van der Waals surface area (Å²) in [4.78, 5) is 19.9. The van der Waals surface area contributed by atoms with Crippen LogP contribution in [0.15, 0.2) is 36.9 Å². The van der Waals surface area contributed by atoms with Gasteiger partial charge in [0.2, 0.25) is 0 Å². The Labute approximate surface area is 128 Å². The zero-order valence-electron chi connectivity index (χ0n) is 12.3. The van der Waals surface area contributed by atoms with Crippen molar-refractivity contribution in [2.45, 2.75) is 26.2 Å². The molecule has 2 rings (SSSR count). The molecule has 0 aromatic carbocycles. The summed E-state index contributed by atoms with van der Waals surface area (Å²) in [6.45, 7) is 2.02. The molecule has 2 N–H and O–H groups in total. The number of nitrogens with zero attached hydrogens (tertiary/aromatic N) is 2. The Hall–Kier alpha value is -2.63. The van der Waals surface area contributed by atoms with Crippen LogP contribution in [-0.4, -0.2) is 21.7 Å². The number of carbonyl (C=O) groups excluding carboxylic acids is 1. The summed E-state index contributed by atoms with van der Waals surface area (Å²) in [5.74, 6) is -1.40. The second-order valence-corrected chi connectivity index (χ2v) is 4.82. The molecule has 0 bridgehead atoms. The maximum absolute atomic E-state index is 14.0. The van der Waals surface area contributed by atoms with E-state index in [2.05, 4.69) is 15.3 Å². The lowest BCUT2D eigenvalue weighted by Crippen LogP contribution is -2.32. The molecule has 22 heavy (non-hydrogen) atoms. The van der Waals surface area contributed by atoms with E-state index in [9.17, 15) is 9.18 Å². The number of pyridine rings is 2. The molecule has 0 saturated carbocycles. The fourth-order valence-corrected chi connectivity index (χ4v) is 2.05. The molecule has 0 radical (unpaired) electrons. The van der Waals surface area contributed by atoms with Crippen LogP contribution in [0.25, 0.3) is 0 Å². The number of halogens is 1. The summed E-state index contributed by atoms with van der Waals surface area (Å²) < 4.78 is 14.0. The highest BCUT2D eigenvalue weighted by atomic mass is 19.1. The number of aromatic nitrogens is 2. The van der Waals surface area contributed by atoms with Gasteiger partial charge in [-0.15, -0.1) is 0 Å². The quantitative estimate of drug-likeness (QED) is 0.658. The predicted molar refractivity (Wildman–Crippen MR) is 81.3 cm³/mol. The van der Waals surface area contributed by atoms with Crippen molar-refractivity contribution in [2.75, 3.05) is 0 Å². The summed E-state index contributed by atoms with van der Waals surface area (Å²) in [7, 11) is 0. The lowest BCUT2D eigenvalue weighted by Gasteiger charge is -2.11. The first-order valence-corrected chi connectivity index (χ1v) is 7.06. The molecule has 0 aliphatic rings. The molecule has 2 aromatic rings. The monoisotopic (exact) mass is 300 g/mol. The summed E-state index contributed by atoms with van der Waals surface area (Å²) in [6.07, 6.45) is 7.92. The third kappa shape index (κ3) is 3.72. The second kappa shape index (κ2) is 7.40. The molecule has 0 unspecified atom stereocenters. The highest BCUT2D eigenvalue weighted by Gasteiger charge is 2.18. The number of amidine groups is 1. The molecule has 0 atom stereocenters. The Morgan fingerprint density at radius 2 is 2.00 bits per heavy atom. The van der Waals surface area contributed by atoms with E-state index in [0.29, 0.717) is 17.5 Å².